The van der Waals surface area contributed by atoms with Crippen molar-refractivity contribution in [1.82, 2.24) is 39.9 Å². The van der Waals surface area contributed by atoms with E-state index in [4.69, 9.17) is 0 Å². The van der Waals surface area contributed by atoms with Crippen molar-refractivity contribution in [3.05, 3.63) is 159 Å². The fraction of sp³-hybridized carbons (Fsp3) is 0.0192. The molecule has 15 aromatic rings. The van der Waals surface area contributed by atoms with Gasteiger partial charge in [0, 0.05) is 135 Å². The zero-order chi connectivity index (χ0) is 48.6. The minimum absolute atomic E-state index is 0. The Morgan fingerprint density at radius 3 is 1.66 bits per heavy atom. The van der Waals surface area contributed by atoms with Gasteiger partial charge in [0.2, 0.25) is 5.52 Å². The predicted octanol–water partition coefficient (Wildman–Crippen LogP) is 12.1. The van der Waals surface area contributed by atoms with Gasteiger partial charge in [-0.1, -0.05) is 23.9 Å². The van der Waals surface area contributed by atoms with E-state index >= 15 is 0 Å². The van der Waals surface area contributed by atoms with Gasteiger partial charge in [-0.05, 0) is 79.2 Å². The van der Waals surface area contributed by atoms with Crippen molar-refractivity contribution in [3.8, 4) is 28.7 Å². The Bertz CT molecular complexity index is 4020. The standard InChI is InChI=1S/C11H8N2OS.C11H7NOS.3C10H6N2OS.Be.4Zn/c1-6-2-7(14)10-8(3-6)15-9-4-12-5-13-11(9)10;13-7-3-1-4-8-10(7)11-9(14-8)5-2-6-12-11;13-6-3-5-12-10-8(6)9-7(14-10)2-1-4-11-9;13-6-4-11-5-8-9(6)10-7(14-8)2-1-3-12-10;13-6-2-1-3-7-9(6)10-8(14-7)4-11-5-12-10;;;;;/h2-5,14H,1H3;1-6,13H;1-5H,(H,12,13);2*1-5,13H;;;;;/q;;;;;+2;;;;. The number of thiophene rings is 5. The third kappa shape index (κ3) is 11.9. The van der Waals surface area contributed by atoms with Gasteiger partial charge in [-0.2, -0.15) is 0 Å². The van der Waals surface area contributed by atoms with Crippen molar-refractivity contribution < 1.29 is 108 Å². The Kier molecular flexibility index (Phi) is 20.5. The van der Waals surface area contributed by atoms with E-state index in [1.54, 1.807) is 124 Å². The van der Waals surface area contributed by atoms with Crippen molar-refractivity contribution in [1.29, 1.82) is 0 Å². The molecule has 0 amide bonds. The molecule has 354 valence electrons. The minimum atomic E-state index is 0. The van der Waals surface area contributed by atoms with Crippen LogP contribution < -0.4 is 10.1 Å². The Morgan fingerprint density at radius 2 is 0.947 bits per heavy atom. The van der Waals surface area contributed by atoms with Crippen LogP contribution in [0.5, 0.6) is 28.7 Å². The summed E-state index contributed by atoms with van der Waals surface area (Å²) in [4.78, 5) is 36.9. The van der Waals surface area contributed by atoms with Gasteiger partial charge in [-0.25, -0.2) is 29.9 Å². The molecule has 0 aliphatic heterocycles. The molecule has 76 heavy (non-hydrogen) atoms. The van der Waals surface area contributed by atoms with Crippen LogP contribution in [0.25, 0.3) is 102 Å². The first kappa shape index (κ1) is 59.6. The minimum Gasteiger partial charge on any atom is -0.872 e. The van der Waals surface area contributed by atoms with Crippen LogP contribution in [0, 0.1) is 6.92 Å². The van der Waals surface area contributed by atoms with Crippen LogP contribution in [0.4, 0.5) is 0 Å². The number of nitrogens with zero attached hydrogens (tertiary/aromatic N) is 8. The summed E-state index contributed by atoms with van der Waals surface area (Å²) in [6, 6.07) is 28.0. The molecule has 0 fully saturated rings. The van der Waals surface area contributed by atoms with E-state index in [2.05, 4.69) is 50.9 Å². The molecule has 0 atom stereocenters. The van der Waals surface area contributed by atoms with Crippen LogP contribution in [0.2, 0.25) is 0 Å². The van der Waals surface area contributed by atoms with Crippen LogP contribution in [0.3, 0.4) is 0 Å². The molecule has 0 bridgehead atoms. The van der Waals surface area contributed by atoms with Crippen LogP contribution in [0.15, 0.2) is 153 Å². The molecule has 5 N–H and O–H groups in total. The van der Waals surface area contributed by atoms with Crippen LogP contribution in [0.1, 0.15) is 5.56 Å². The summed E-state index contributed by atoms with van der Waals surface area (Å²) in [5.41, 5.74) is 5.36. The smallest absolute Gasteiger partial charge is 0.872 e. The third-order valence-electron chi connectivity index (χ3n) is 11.0. The van der Waals surface area contributed by atoms with E-state index < -0.39 is 0 Å². The average Bonchev–Trinajstić information content (AvgIpc) is 4.21. The van der Waals surface area contributed by atoms with E-state index in [0.717, 1.165) is 107 Å². The zero-order valence-electron chi connectivity index (χ0n) is 40.3. The van der Waals surface area contributed by atoms with Gasteiger partial charge in [0.25, 0.3) is 0 Å². The monoisotopic (exact) mass is 1290 g/mol. The molecule has 0 aliphatic rings. The molecular formula is C52H33BeN9O5S5Zn4+2. The van der Waals surface area contributed by atoms with Crippen molar-refractivity contribution in [2.75, 3.05) is 0 Å². The topological polar surface area (TPSA) is 221 Å². The largest absolute Gasteiger partial charge is 2.00 e. The SMILES string of the molecule is Cc1cc(O)c2c(c1)sc1cncnc12.Oc1cccc2sc3cncnc3c12.Oc1ccnc2sc3cccnc3c12.Oc1cncc2sc3cccnc3c12.[Be+2].[O-]c1cccc2sc3ccc[nH+]c3c12.[Zn].[Zn].[Zn].[Zn]. The quantitative estimate of drug-likeness (QED) is 0.104. The number of benzene rings is 3. The predicted molar refractivity (Wildman–Crippen MR) is 292 cm³/mol. The Morgan fingerprint density at radius 1 is 0.421 bits per heavy atom. The van der Waals surface area contributed by atoms with Gasteiger partial charge >= 0.3 is 10.1 Å². The van der Waals surface area contributed by atoms with E-state index in [1.807, 2.05) is 67.7 Å². The van der Waals surface area contributed by atoms with Crippen LogP contribution in [-0.2, 0) is 77.9 Å². The fourth-order valence-electron chi connectivity index (χ4n) is 7.98. The zero-order valence-corrected chi connectivity index (χ0v) is 56.2. The van der Waals surface area contributed by atoms with Gasteiger partial charge in [-0.15, -0.1) is 56.7 Å². The molecule has 0 aliphatic carbocycles. The molecule has 0 radical (unpaired) electrons. The average molecular weight is 1290 g/mol. The number of hydrogen-bond donors (Lipinski definition) is 4. The molecule has 0 unspecified atom stereocenters. The molecule has 3 aromatic carbocycles. The second-order valence-electron chi connectivity index (χ2n) is 15.6. The number of aryl methyl sites for hydroxylation is 1. The number of H-pyrrole nitrogens is 1. The van der Waals surface area contributed by atoms with Crippen LogP contribution >= 0.6 is 56.7 Å². The molecule has 24 heteroatoms. The number of fused-ring (bicyclic) bond motifs is 15. The number of aromatic hydroxyl groups is 4. The molecule has 12 heterocycles. The van der Waals surface area contributed by atoms with Crippen molar-refractivity contribution in [3.63, 3.8) is 0 Å². The summed E-state index contributed by atoms with van der Waals surface area (Å²) >= 11 is 7.97. The molecule has 15 rings (SSSR count). The molecule has 0 saturated carbocycles. The fourth-order valence-corrected chi connectivity index (χ4v) is 13.4. The maximum absolute atomic E-state index is 11.6. The van der Waals surface area contributed by atoms with Crippen molar-refractivity contribution in [2.45, 2.75) is 6.92 Å². The third-order valence-corrected chi connectivity index (χ3v) is 16.4. The second-order valence-corrected chi connectivity index (χ2v) is 20.9. The summed E-state index contributed by atoms with van der Waals surface area (Å²) in [6.45, 7) is 1.97. The number of rotatable bonds is 0. The van der Waals surface area contributed by atoms with E-state index in [1.165, 1.54) is 18.9 Å². The summed E-state index contributed by atoms with van der Waals surface area (Å²) in [7, 11) is 0. The summed E-state index contributed by atoms with van der Waals surface area (Å²) < 4.78 is 9.39. The van der Waals surface area contributed by atoms with Crippen LogP contribution in [-0.4, -0.2) is 70.4 Å². The van der Waals surface area contributed by atoms with E-state index in [-0.39, 0.29) is 111 Å². The number of aromatic amines is 1. The number of phenols is 2. The van der Waals surface area contributed by atoms with E-state index in [0.29, 0.717) is 5.75 Å². The number of aromatic nitrogens is 9. The number of phenolic OH excluding ortho intramolecular Hbond substituents is 2. The Balaban J connectivity index is 0.000000152. The maximum atomic E-state index is 11.6. The number of pyridine rings is 5. The number of hydrogen-bond acceptors (Lipinski definition) is 18. The normalized spacial score (nSPS) is 10.4. The summed E-state index contributed by atoms with van der Waals surface area (Å²) in [5, 5.41) is 54.6. The number of nitrogens with one attached hydrogen (secondary N) is 1. The molecule has 12 aromatic heterocycles. The first-order valence-corrected chi connectivity index (χ1v) is 25.5. The van der Waals surface area contributed by atoms with Crippen molar-refractivity contribution >= 4 is 168 Å². The van der Waals surface area contributed by atoms with Gasteiger partial charge < -0.3 is 25.5 Å². The Labute approximate surface area is 506 Å². The second kappa shape index (κ2) is 26.1. The van der Waals surface area contributed by atoms with Crippen molar-refractivity contribution in [2.24, 2.45) is 0 Å². The van der Waals surface area contributed by atoms with Gasteiger partial charge in [0.1, 0.15) is 40.5 Å². The summed E-state index contributed by atoms with van der Waals surface area (Å²) in [6.07, 6.45) is 16.7. The van der Waals surface area contributed by atoms with Gasteiger partial charge in [-0.3, -0.25) is 15.0 Å². The van der Waals surface area contributed by atoms with E-state index in [9.17, 15) is 25.5 Å². The molecule has 14 nitrogen and oxygen atoms in total. The first-order chi connectivity index (χ1) is 34.7. The van der Waals surface area contributed by atoms with Gasteiger partial charge in [0.15, 0.2) is 6.20 Å². The Hall–Kier alpha value is -5.67. The molecule has 0 spiro atoms. The molecular weight excluding hydrogens is 1260 g/mol. The first-order valence-electron chi connectivity index (χ1n) is 21.4. The van der Waals surface area contributed by atoms with Gasteiger partial charge in [0.05, 0.1) is 83.4 Å². The molecule has 0 saturated heterocycles. The maximum Gasteiger partial charge on any atom is 2.00 e. The summed E-state index contributed by atoms with van der Waals surface area (Å²) in [5.74, 6) is 1.13.